The van der Waals surface area contributed by atoms with E-state index in [0.717, 1.165) is 27.2 Å². The van der Waals surface area contributed by atoms with Gasteiger partial charge in [-0.3, -0.25) is 38.2 Å². The second-order valence-corrected chi connectivity index (χ2v) is 16.6. The summed E-state index contributed by atoms with van der Waals surface area (Å²) in [5.41, 5.74) is 0.905. The van der Waals surface area contributed by atoms with Crippen molar-refractivity contribution < 1.29 is 70.6 Å². The molecule has 0 aliphatic carbocycles. The van der Waals surface area contributed by atoms with E-state index in [1.54, 1.807) is 45.2 Å². The average Bonchev–Trinajstić information content (AvgIpc) is 3.68. The van der Waals surface area contributed by atoms with Crippen LogP contribution in [0, 0.1) is 18.6 Å². The van der Waals surface area contributed by atoms with Crippen molar-refractivity contribution >= 4 is 29.5 Å². The molecule has 402 valence electrons. The van der Waals surface area contributed by atoms with Crippen LogP contribution in [0.1, 0.15) is 46.9 Å². The van der Waals surface area contributed by atoms with Crippen molar-refractivity contribution in [2.45, 2.75) is 45.7 Å². The predicted molar refractivity (Wildman–Crippen MR) is 261 cm³/mol. The van der Waals surface area contributed by atoms with Crippen molar-refractivity contribution in [3.05, 3.63) is 103 Å². The summed E-state index contributed by atoms with van der Waals surface area (Å²) in [6, 6.07) is 8.55. The summed E-state index contributed by atoms with van der Waals surface area (Å²) in [7, 11) is 3.01. The van der Waals surface area contributed by atoms with Gasteiger partial charge in [0.25, 0.3) is 23.3 Å². The van der Waals surface area contributed by atoms with E-state index in [9.17, 15) is 33.6 Å². The Morgan fingerprint density at radius 1 is 0.589 bits per heavy atom. The Morgan fingerprint density at radius 2 is 1.04 bits per heavy atom. The lowest BCUT2D eigenvalue weighted by Gasteiger charge is -2.16. The third-order valence-electron chi connectivity index (χ3n) is 11.0. The first kappa shape index (κ1) is 59.5. The standard InChI is InChI=1S/C50H68F2N6O15/c1-35(31-37-5-7-39(8-6-37)46-36(2)56(3)50(65)57(4)49(46)64)55-48(63)47-40(51)32-38(33-41(47)52)34-54-43(60)12-15-66-17-19-68-21-23-70-25-27-72-29-30-73-28-26-71-24-22-69-20-18-67-16-13-53-42(59)11-14-58-44(61)9-10-45(58)62/h5-10,32-33,35H,11-31,34H2,1-4H3,(H,53,59)(H,54,60)(H,55,63)/t35-/m0/s1. The summed E-state index contributed by atoms with van der Waals surface area (Å²) in [6.07, 6.45) is 2.73. The molecule has 0 spiro atoms. The van der Waals surface area contributed by atoms with Gasteiger partial charge in [0.05, 0.1) is 111 Å². The van der Waals surface area contributed by atoms with Gasteiger partial charge >= 0.3 is 5.69 Å². The van der Waals surface area contributed by atoms with Gasteiger partial charge in [-0.25, -0.2) is 13.6 Å². The zero-order valence-electron chi connectivity index (χ0n) is 42.0. The maximum absolute atomic E-state index is 15.0. The fourth-order valence-corrected chi connectivity index (χ4v) is 7.04. The van der Waals surface area contributed by atoms with Crippen molar-refractivity contribution in [3.63, 3.8) is 0 Å². The highest BCUT2D eigenvalue weighted by Crippen LogP contribution is 2.20. The second-order valence-electron chi connectivity index (χ2n) is 16.6. The van der Waals surface area contributed by atoms with Crippen LogP contribution in [0.2, 0.25) is 0 Å². The molecule has 21 nitrogen and oxygen atoms in total. The lowest BCUT2D eigenvalue weighted by molar-refractivity contribution is -0.137. The molecule has 0 fully saturated rings. The van der Waals surface area contributed by atoms with Crippen LogP contribution in [0.4, 0.5) is 8.78 Å². The molecule has 0 saturated carbocycles. The molecule has 2 heterocycles. The first-order valence-electron chi connectivity index (χ1n) is 24.0. The Bertz CT molecular complexity index is 2370. The lowest BCUT2D eigenvalue weighted by atomic mass is 10.0. The number of hydrogen-bond donors (Lipinski definition) is 3. The molecule has 1 aliphatic rings. The van der Waals surface area contributed by atoms with E-state index in [-0.39, 0.29) is 50.6 Å². The minimum absolute atomic E-state index is 0.0130. The Kier molecular flexibility index (Phi) is 26.8. The van der Waals surface area contributed by atoms with Crippen LogP contribution in [0.15, 0.2) is 58.1 Å². The Balaban J connectivity index is 0.898. The molecule has 0 bridgehead atoms. The quantitative estimate of drug-likeness (QED) is 0.0544. The van der Waals surface area contributed by atoms with Crippen molar-refractivity contribution in [1.82, 2.24) is 30.0 Å². The molecule has 23 heteroatoms. The molecule has 1 atom stereocenters. The number of imide groups is 1. The van der Waals surface area contributed by atoms with E-state index in [1.807, 2.05) is 0 Å². The maximum Gasteiger partial charge on any atom is 0.330 e. The van der Waals surface area contributed by atoms with Crippen LogP contribution < -0.4 is 27.2 Å². The normalized spacial score (nSPS) is 12.7. The van der Waals surface area contributed by atoms with Crippen LogP contribution in [-0.4, -0.2) is 168 Å². The van der Waals surface area contributed by atoms with Gasteiger partial charge in [0.15, 0.2) is 0 Å². The number of aromatic nitrogens is 2. The van der Waals surface area contributed by atoms with Gasteiger partial charge in [0, 0.05) is 70.5 Å². The number of carbonyl (C=O) groups excluding carboxylic acids is 5. The van der Waals surface area contributed by atoms with E-state index in [1.165, 1.54) is 23.8 Å². The summed E-state index contributed by atoms with van der Waals surface area (Å²) in [5.74, 6) is -4.56. The van der Waals surface area contributed by atoms with Gasteiger partial charge in [0.1, 0.15) is 17.2 Å². The number of carbonyl (C=O) groups is 5. The van der Waals surface area contributed by atoms with Gasteiger partial charge in [-0.15, -0.1) is 0 Å². The van der Waals surface area contributed by atoms with E-state index in [2.05, 4.69) is 16.0 Å². The highest BCUT2D eigenvalue weighted by molar-refractivity contribution is 6.13. The van der Waals surface area contributed by atoms with Crippen LogP contribution in [0.5, 0.6) is 0 Å². The summed E-state index contributed by atoms with van der Waals surface area (Å²) in [4.78, 5) is 86.1. The fourth-order valence-electron chi connectivity index (χ4n) is 7.04. The predicted octanol–water partition coefficient (Wildman–Crippen LogP) is 1.27. The molecule has 0 saturated heterocycles. The topological polar surface area (TPSA) is 243 Å². The third kappa shape index (κ3) is 21.1. The number of nitrogens with one attached hydrogen (secondary N) is 3. The number of ether oxygens (including phenoxy) is 8. The van der Waals surface area contributed by atoms with Crippen molar-refractivity contribution in [2.24, 2.45) is 14.1 Å². The zero-order valence-corrected chi connectivity index (χ0v) is 42.0. The van der Waals surface area contributed by atoms with Gasteiger partial charge in [-0.1, -0.05) is 24.3 Å². The number of hydrogen-bond acceptors (Lipinski definition) is 15. The second kappa shape index (κ2) is 32.9. The number of benzene rings is 2. The van der Waals surface area contributed by atoms with E-state index in [0.29, 0.717) is 122 Å². The Hall–Kier alpha value is -6.05. The number of halogens is 2. The third-order valence-corrected chi connectivity index (χ3v) is 11.0. The van der Waals surface area contributed by atoms with Gasteiger partial charge in [-0.05, 0) is 49.1 Å². The smallest absolute Gasteiger partial charge is 0.330 e. The molecule has 73 heavy (non-hydrogen) atoms. The molecule has 1 aliphatic heterocycles. The maximum atomic E-state index is 15.0. The SMILES string of the molecule is Cc1c(-c2ccc(C[C@H](C)NC(=O)c3c(F)cc(CNC(=O)CCOCCOCCOCCOCCOCCOCCOCCOCCNC(=O)CCN4C(=O)C=CC4=O)cc3F)cc2)c(=O)n(C)c(=O)n1C. The van der Waals surface area contributed by atoms with E-state index in [4.69, 9.17) is 37.9 Å². The van der Waals surface area contributed by atoms with Gasteiger partial charge in [-0.2, -0.15) is 0 Å². The molecule has 0 radical (unpaired) electrons. The van der Waals surface area contributed by atoms with Crippen LogP contribution in [0.25, 0.3) is 11.1 Å². The first-order chi connectivity index (χ1) is 35.2. The molecule has 4 rings (SSSR count). The summed E-state index contributed by atoms with van der Waals surface area (Å²) in [6.45, 7) is 9.16. The highest BCUT2D eigenvalue weighted by Gasteiger charge is 2.24. The summed E-state index contributed by atoms with van der Waals surface area (Å²) in [5, 5.41) is 7.88. The van der Waals surface area contributed by atoms with Crippen molar-refractivity contribution in [1.29, 1.82) is 0 Å². The number of rotatable bonds is 37. The van der Waals surface area contributed by atoms with E-state index >= 15 is 8.78 Å². The summed E-state index contributed by atoms with van der Waals surface area (Å²) < 4.78 is 76.1. The number of nitrogens with zero attached hydrogens (tertiary/aromatic N) is 3. The van der Waals surface area contributed by atoms with Crippen LogP contribution in [0.3, 0.4) is 0 Å². The number of amides is 5. The molecule has 0 unspecified atom stereocenters. The lowest BCUT2D eigenvalue weighted by Crippen LogP contribution is -2.39. The molecule has 5 amide bonds. The zero-order chi connectivity index (χ0) is 53.0. The molecule has 3 N–H and O–H groups in total. The van der Waals surface area contributed by atoms with Crippen LogP contribution in [-0.2, 0) is 84.1 Å². The minimum atomic E-state index is -1.07. The minimum Gasteiger partial charge on any atom is -0.379 e. The molecule has 3 aromatic rings. The highest BCUT2D eigenvalue weighted by atomic mass is 19.1. The van der Waals surface area contributed by atoms with E-state index < -0.39 is 58.1 Å². The Labute approximate surface area is 422 Å². The monoisotopic (exact) mass is 1030 g/mol. The van der Waals surface area contributed by atoms with Crippen LogP contribution >= 0.6 is 0 Å². The average molecular weight is 1030 g/mol. The fraction of sp³-hybridized carbons (Fsp3) is 0.540. The van der Waals surface area contributed by atoms with Gasteiger partial charge in [0.2, 0.25) is 11.8 Å². The molecule has 2 aromatic carbocycles. The van der Waals surface area contributed by atoms with Crippen molar-refractivity contribution in [3.8, 4) is 11.1 Å². The van der Waals surface area contributed by atoms with Gasteiger partial charge < -0.3 is 58.4 Å². The largest absolute Gasteiger partial charge is 0.379 e. The Morgan fingerprint density at radius 3 is 1.53 bits per heavy atom. The van der Waals surface area contributed by atoms with Crippen molar-refractivity contribution in [2.75, 3.05) is 119 Å². The molecular formula is C50H68F2N6O15. The first-order valence-corrected chi connectivity index (χ1v) is 24.0. The molecular weight excluding hydrogens is 963 g/mol. The molecule has 1 aromatic heterocycles. The summed E-state index contributed by atoms with van der Waals surface area (Å²) >= 11 is 0.